The maximum atomic E-state index is 12.8. The summed E-state index contributed by atoms with van der Waals surface area (Å²) in [6, 6.07) is 0.234. The molecular weight excluding hydrogens is 380 g/mol. The van der Waals surface area contributed by atoms with E-state index in [2.05, 4.69) is 22.5 Å². The molecule has 0 aromatic carbocycles. The molecule has 0 radical (unpaired) electrons. The molecule has 0 bridgehead atoms. The summed E-state index contributed by atoms with van der Waals surface area (Å²) in [5, 5.41) is 5.99. The minimum Gasteiger partial charge on any atom is -0.379 e. The molecule has 0 unspecified atom stereocenters. The molecule has 2 fully saturated rings. The van der Waals surface area contributed by atoms with Crippen LogP contribution < -0.4 is 10.6 Å². The summed E-state index contributed by atoms with van der Waals surface area (Å²) < 4.78 is 5.42. The molecule has 1 aliphatic carbocycles. The first-order valence-electron chi connectivity index (χ1n) is 12.3. The zero-order valence-electron chi connectivity index (χ0n) is 19.1. The summed E-state index contributed by atoms with van der Waals surface area (Å²) in [6.07, 6.45) is 11.7. The van der Waals surface area contributed by atoms with Gasteiger partial charge in [-0.05, 0) is 25.7 Å². The molecule has 7 heteroatoms. The number of unbranched alkanes of at least 4 members (excludes halogenated alkanes) is 3. The highest BCUT2D eigenvalue weighted by Crippen LogP contribution is 2.17. The van der Waals surface area contributed by atoms with Crippen molar-refractivity contribution in [1.29, 1.82) is 0 Å². The fraction of sp³-hybridized carbons (Fsp3) is 0.913. The molecular formula is C23H44N4O3. The standard InChI is InChI=1S/C23H44N4O3/c1-2-3-4-8-14-27(16-15-26-17-19-30-20-18-26)22(28)12-9-13-24-23(29)25-21-10-6-5-7-11-21/h21H,2-20H2,1H3,(H2,24,25,29). The van der Waals surface area contributed by atoms with Crippen LogP contribution in [0.3, 0.4) is 0 Å². The number of urea groups is 1. The lowest BCUT2D eigenvalue weighted by molar-refractivity contribution is -0.131. The summed E-state index contributed by atoms with van der Waals surface area (Å²) in [4.78, 5) is 29.2. The number of rotatable bonds is 13. The van der Waals surface area contributed by atoms with E-state index >= 15 is 0 Å². The molecule has 2 rings (SSSR count). The summed E-state index contributed by atoms with van der Waals surface area (Å²) in [5.74, 6) is 0.217. The summed E-state index contributed by atoms with van der Waals surface area (Å²) in [6.45, 7) is 8.81. The summed E-state index contributed by atoms with van der Waals surface area (Å²) >= 11 is 0. The summed E-state index contributed by atoms with van der Waals surface area (Å²) in [7, 11) is 0. The Morgan fingerprint density at radius 1 is 1.00 bits per heavy atom. The topological polar surface area (TPSA) is 73.9 Å². The molecule has 2 N–H and O–H groups in total. The SMILES string of the molecule is CCCCCCN(CCN1CCOCC1)C(=O)CCCNC(=O)NC1CCCCC1. The largest absolute Gasteiger partial charge is 0.379 e. The lowest BCUT2D eigenvalue weighted by Crippen LogP contribution is -2.44. The van der Waals surface area contributed by atoms with Gasteiger partial charge in [0.05, 0.1) is 13.2 Å². The van der Waals surface area contributed by atoms with Gasteiger partial charge in [0.25, 0.3) is 0 Å². The number of nitrogens with one attached hydrogen (secondary N) is 2. The molecule has 1 saturated carbocycles. The van der Waals surface area contributed by atoms with Crippen LogP contribution in [-0.2, 0) is 9.53 Å². The van der Waals surface area contributed by atoms with Crippen molar-refractivity contribution < 1.29 is 14.3 Å². The van der Waals surface area contributed by atoms with Gasteiger partial charge in [0.1, 0.15) is 0 Å². The zero-order chi connectivity index (χ0) is 21.4. The fourth-order valence-electron chi connectivity index (χ4n) is 4.26. The van der Waals surface area contributed by atoms with Gasteiger partial charge in [-0.25, -0.2) is 4.79 Å². The van der Waals surface area contributed by atoms with Crippen LogP contribution in [0.25, 0.3) is 0 Å². The number of ether oxygens (including phenoxy) is 1. The summed E-state index contributed by atoms with van der Waals surface area (Å²) in [5.41, 5.74) is 0. The van der Waals surface area contributed by atoms with Gasteiger partial charge in [0.15, 0.2) is 0 Å². The molecule has 0 aromatic heterocycles. The van der Waals surface area contributed by atoms with Gasteiger partial charge in [0.2, 0.25) is 5.91 Å². The Balaban J connectivity index is 1.64. The third-order valence-corrected chi connectivity index (χ3v) is 6.22. The molecule has 3 amide bonds. The first-order chi connectivity index (χ1) is 14.7. The van der Waals surface area contributed by atoms with E-state index in [1.165, 1.54) is 38.5 Å². The van der Waals surface area contributed by atoms with Crippen LogP contribution in [0.15, 0.2) is 0 Å². The van der Waals surface area contributed by atoms with Gasteiger partial charge in [-0.1, -0.05) is 45.4 Å². The number of amides is 3. The Bertz CT molecular complexity index is 477. The number of carbonyl (C=O) groups is 2. The molecule has 0 spiro atoms. The monoisotopic (exact) mass is 424 g/mol. The van der Waals surface area contributed by atoms with Gasteiger partial charge < -0.3 is 20.3 Å². The van der Waals surface area contributed by atoms with E-state index in [0.29, 0.717) is 25.4 Å². The molecule has 30 heavy (non-hydrogen) atoms. The minimum absolute atomic E-state index is 0.0851. The van der Waals surface area contributed by atoms with Crippen LogP contribution in [0.1, 0.15) is 77.6 Å². The van der Waals surface area contributed by atoms with Crippen molar-refractivity contribution in [3.05, 3.63) is 0 Å². The van der Waals surface area contributed by atoms with E-state index in [4.69, 9.17) is 4.74 Å². The van der Waals surface area contributed by atoms with Crippen LogP contribution in [0.5, 0.6) is 0 Å². The Morgan fingerprint density at radius 3 is 2.50 bits per heavy atom. The normalized spacial score (nSPS) is 18.2. The third-order valence-electron chi connectivity index (χ3n) is 6.22. The molecule has 0 aromatic rings. The van der Waals surface area contributed by atoms with Crippen LogP contribution in [-0.4, -0.2) is 80.3 Å². The number of hydrogen-bond donors (Lipinski definition) is 2. The first-order valence-corrected chi connectivity index (χ1v) is 12.3. The van der Waals surface area contributed by atoms with Gasteiger partial charge in [-0.3, -0.25) is 9.69 Å². The van der Waals surface area contributed by atoms with Crippen molar-refractivity contribution in [2.75, 3.05) is 52.5 Å². The third kappa shape index (κ3) is 10.6. The van der Waals surface area contributed by atoms with Crippen LogP contribution in [0, 0.1) is 0 Å². The quantitative estimate of drug-likeness (QED) is 0.446. The second-order valence-corrected chi connectivity index (χ2v) is 8.73. The Kier molecular flexibility index (Phi) is 12.8. The van der Waals surface area contributed by atoms with Crippen molar-refractivity contribution >= 4 is 11.9 Å². The van der Waals surface area contributed by atoms with E-state index in [-0.39, 0.29) is 11.9 Å². The molecule has 174 valence electrons. The smallest absolute Gasteiger partial charge is 0.315 e. The fourth-order valence-corrected chi connectivity index (χ4v) is 4.26. The number of carbonyl (C=O) groups excluding carboxylic acids is 2. The van der Waals surface area contributed by atoms with Gasteiger partial charge in [0, 0.05) is 51.7 Å². The van der Waals surface area contributed by atoms with Crippen molar-refractivity contribution in [3.8, 4) is 0 Å². The Labute approximate surface area is 183 Å². The van der Waals surface area contributed by atoms with E-state index in [1.807, 2.05) is 4.90 Å². The number of hydrogen-bond acceptors (Lipinski definition) is 4. The minimum atomic E-state index is -0.0851. The molecule has 0 atom stereocenters. The highest BCUT2D eigenvalue weighted by atomic mass is 16.5. The van der Waals surface area contributed by atoms with Crippen LogP contribution >= 0.6 is 0 Å². The van der Waals surface area contributed by atoms with E-state index in [1.54, 1.807) is 0 Å². The number of nitrogens with zero attached hydrogens (tertiary/aromatic N) is 2. The maximum Gasteiger partial charge on any atom is 0.315 e. The predicted molar refractivity (Wildman–Crippen MR) is 121 cm³/mol. The second-order valence-electron chi connectivity index (χ2n) is 8.73. The average Bonchev–Trinajstić information content (AvgIpc) is 2.77. The van der Waals surface area contributed by atoms with E-state index < -0.39 is 0 Å². The van der Waals surface area contributed by atoms with Crippen molar-refractivity contribution in [2.24, 2.45) is 0 Å². The Hall–Kier alpha value is -1.34. The lowest BCUT2D eigenvalue weighted by atomic mass is 9.96. The van der Waals surface area contributed by atoms with Crippen molar-refractivity contribution in [1.82, 2.24) is 20.4 Å². The zero-order valence-corrected chi connectivity index (χ0v) is 19.1. The van der Waals surface area contributed by atoms with Gasteiger partial charge in [-0.15, -0.1) is 0 Å². The van der Waals surface area contributed by atoms with Crippen molar-refractivity contribution in [2.45, 2.75) is 83.6 Å². The van der Waals surface area contributed by atoms with Gasteiger partial charge >= 0.3 is 6.03 Å². The van der Waals surface area contributed by atoms with Gasteiger partial charge in [-0.2, -0.15) is 0 Å². The number of morpholine rings is 1. The highest BCUT2D eigenvalue weighted by molar-refractivity contribution is 5.76. The molecule has 1 aliphatic heterocycles. The predicted octanol–water partition coefficient (Wildman–Crippen LogP) is 3.14. The van der Waals surface area contributed by atoms with Crippen LogP contribution in [0.4, 0.5) is 4.79 Å². The van der Waals surface area contributed by atoms with E-state index in [9.17, 15) is 9.59 Å². The molecule has 7 nitrogen and oxygen atoms in total. The lowest BCUT2D eigenvalue weighted by Gasteiger charge is -2.30. The second kappa shape index (κ2) is 15.5. The van der Waals surface area contributed by atoms with Crippen molar-refractivity contribution in [3.63, 3.8) is 0 Å². The maximum absolute atomic E-state index is 12.8. The molecule has 1 heterocycles. The van der Waals surface area contributed by atoms with E-state index in [0.717, 1.165) is 65.2 Å². The average molecular weight is 425 g/mol. The Morgan fingerprint density at radius 2 is 1.77 bits per heavy atom. The highest BCUT2D eigenvalue weighted by Gasteiger charge is 2.17. The molecule has 1 saturated heterocycles. The first kappa shape index (κ1) is 24.9. The molecule has 2 aliphatic rings. The van der Waals surface area contributed by atoms with Crippen LogP contribution in [0.2, 0.25) is 0 Å².